The highest BCUT2D eigenvalue weighted by Gasteiger charge is 2.41. The number of nitrogens with zero attached hydrogens (tertiary/aromatic N) is 3. The number of ether oxygens (including phenoxy) is 2. The second-order valence-corrected chi connectivity index (χ2v) is 9.85. The molecule has 0 radical (unpaired) electrons. The SMILES string of the molecule is Fc1ccc(Cl)c(-c2ccc(CC3C[C@@H]4CN(Cc5cccc6c5OCO6)C[C@@H]4C3)nn2)c1. The molecule has 170 valence electrons. The van der Waals surface area contributed by atoms with Gasteiger partial charge < -0.3 is 9.47 Å². The Morgan fingerprint density at radius 3 is 2.64 bits per heavy atom. The lowest BCUT2D eigenvalue weighted by molar-refractivity contribution is 0.172. The first-order valence-corrected chi connectivity index (χ1v) is 11.9. The third kappa shape index (κ3) is 4.18. The maximum Gasteiger partial charge on any atom is 0.231 e. The van der Waals surface area contributed by atoms with E-state index in [-0.39, 0.29) is 5.82 Å². The van der Waals surface area contributed by atoms with Gasteiger partial charge in [0.1, 0.15) is 5.82 Å². The molecule has 1 aromatic heterocycles. The van der Waals surface area contributed by atoms with Crippen molar-refractivity contribution in [3.63, 3.8) is 0 Å². The Kier molecular flexibility index (Phi) is 5.43. The smallest absolute Gasteiger partial charge is 0.231 e. The van der Waals surface area contributed by atoms with Crippen molar-refractivity contribution in [3.8, 4) is 22.8 Å². The molecule has 33 heavy (non-hydrogen) atoms. The summed E-state index contributed by atoms with van der Waals surface area (Å²) in [6.07, 6.45) is 3.40. The van der Waals surface area contributed by atoms with E-state index in [0.717, 1.165) is 55.1 Å². The van der Waals surface area contributed by atoms with Crippen LogP contribution in [0.5, 0.6) is 11.5 Å². The van der Waals surface area contributed by atoms with Crippen molar-refractivity contribution in [3.05, 3.63) is 70.6 Å². The van der Waals surface area contributed by atoms with Crippen molar-refractivity contribution in [2.24, 2.45) is 17.8 Å². The molecule has 1 aliphatic carbocycles. The van der Waals surface area contributed by atoms with Gasteiger partial charge in [0.05, 0.1) is 16.4 Å². The lowest BCUT2D eigenvalue weighted by atomic mass is 9.99. The monoisotopic (exact) mass is 465 g/mol. The molecule has 3 aromatic rings. The summed E-state index contributed by atoms with van der Waals surface area (Å²) in [6, 6.07) is 14.4. The van der Waals surface area contributed by atoms with E-state index in [1.54, 1.807) is 6.07 Å². The van der Waals surface area contributed by atoms with Gasteiger partial charge in [-0.3, -0.25) is 4.90 Å². The fourth-order valence-electron chi connectivity index (χ4n) is 5.78. The van der Waals surface area contributed by atoms with E-state index in [1.807, 2.05) is 24.3 Å². The summed E-state index contributed by atoms with van der Waals surface area (Å²) < 4.78 is 24.8. The van der Waals surface area contributed by atoms with Gasteiger partial charge in [0.15, 0.2) is 11.5 Å². The van der Waals surface area contributed by atoms with E-state index in [9.17, 15) is 4.39 Å². The average Bonchev–Trinajstić information content (AvgIpc) is 3.52. The molecule has 1 saturated carbocycles. The van der Waals surface area contributed by atoms with Crippen molar-refractivity contribution in [1.82, 2.24) is 15.1 Å². The third-order valence-corrected chi connectivity index (χ3v) is 7.55. The molecule has 2 fully saturated rings. The average molecular weight is 466 g/mol. The van der Waals surface area contributed by atoms with Crippen molar-refractivity contribution < 1.29 is 13.9 Å². The van der Waals surface area contributed by atoms with Gasteiger partial charge in [-0.2, -0.15) is 10.2 Å². The number of rotatable bonds is 5. The number of fused-ring (bicyclic) bond motifs is 2. The fraction of sp³-hybridized carbons (Fsp3) is 0.385. The largest absolute Gasteiger partial charge is 0.454 e. The van der Waals surface area contributed by atoms with Crippen LogP contribution in [0.1, 0.15) is 24.1 Å². The molecule has 1 saturated heterocycles. The summed E-state index contributed by atoms with van der Waals surface area (Å²) in [5.74, 6) is 3.55. The molecule has 3 heterocycles. The molecule has 5 nitrogen and oxygen atoms in total. The van der Waals surface area contributed by atoms with E-state index in [4.69, 9.17) is 21.1 Å². The first-order chi connectivity index (χ1) is 16.1. The van der Waals surface area contributed by atoms with Crippen LogP contribution in [-0.4, -0.2) is 35.0 Å². The van der Waals surface area contributed by atoms with Crippen LogP contribution < -0.4 is 9.47 Å². The quantitative estimate of drug-likeness (QED) is 0.507. The summed E-state index contributed by atoms with van der Waals surface area (Å²) in [6.45, 7) is 3.50. The first kappa shape index (κ1) is 20.9. The number of hydrogen-bond donors (Lipinski definition) is 0. The van der Waals surface area contributed by atoms with E-state index < -0.39 is 0 Å². The zero-order chi connectivity index (χ0) is 22.4. The summed E-state index contributed by atoms with van der Waals surface area (Å²) in [4.78, 5) is 2.56. The Hall–Kier alpha value is -2.70. The second-order valence-electron chi connectivity index (χ2n) is 9.44. The van der Waals surface area contributed by atoms with Crippen LogP contribution in [0.15, 0.2) is 48.5 Å². The van der Waals surface area contributed by atoms with Gasteiger partial charge in [-0.25, -0.2) is 4.39 Å². The number of benzene rings is 2. The molecule has 0 N–H and O–H groups in total. The normalized spacial score (nSPS) is 23.8. The summed E-state index contributed by atoms with van der Waals surface area (Å²) >= 11 is 6.20. The Bertz CT molecular complexity index is 1160. The second kappa shape index (κ2) is 8.58. The topological polar surface area (TPSA) is 47.5 Å². The summed E-state index contributed by atoms with van der Waals surface area (Å²) in [5, 5.41) is 9.22. The van der Waals surface area contributed by atoms with Crippen LogP contribution in [-0.2, 0) is 13.0 Å². The van der Waals surface area contributed by atoms with E-state index in [1.165, 1.54) is 30.5 Å². The van der Waals surface area contributed by atoms with Crippen LogP contribution in [0.25, 0.3) is 11.3 Å². The van der Waals surface area contributed by atoms with Gasteiger partial charge in [0.2, 0.25) is 6.79 Å². The maximum absolute atomic E-state index is 13.6. The molecule has 3 aliphatic rings. The van der Waals surface area contributed by atoms with Crippen molar-refractivity contribution >= 4 is 11.6 Å². The number of aromatic nitrogens is 2. The molecule has 0 spiro atoms. The minimum absolute atomic E-state index is 0.318. The first-order valence-electron chi connectivity index (χ1n) is 11.5. The van der Waals surface area contributed by atoms with Crippen molar-refractivity contribution in [2.45, 2.75) is 25.8 Å². The van der Waals surface area contributed by atoms with E-state index in [0.29, 0.717) is 29.0 Å². The van der Waals surface area contributed by atoms with Crippen LogP contribution in [0, 0.1) is 23.6 Å². The highest BCUT2D eigenvalue weighted by Crippen LogP contribution is 2.44. The third-order valence-electron chi connectivity index (χ3n) is 7.22. The maximum atomic E-state index is 13.6. The van der Waals surface area contributed by atoms with Crippen LogP contribution in [0.2, 0.25) is 5.02 Å². The molecule has 2 aromatic carbocycles. The van der Waals surface area contributed by atoms with Crippen molar-refractivity contribution in [1.29, 1.82) is 0 Å². The molecule has 2 aliphatic heterocycles. The van der Waals surface area contributed by atoms with Crippen LogP contribution >= 0.6 is 11.6 Å². The molecule has 6 rings (SSSR count). The molecular formula is C26H25ClFN3O2. The summed E-state index contributed by atoms with van der Waals surface area (Å²) in [7, 11) is 0. The predicted molar refractivity (Wildman–Crippen MR) is 124 cm³/mol. The number of likely N-dealkylation sites (tertiary alicyclic amines) is 1. The minimum atomic E-state index is -0.329. The van der Waals surface area contributed by atoms with Crippen molar-refractivity contribution in [2.75, 3.05) is 19.9 Å². The summed E-state index contributed by atoms with van der Waals surface area (Å²) in [5.41, 5.74) is 3.39. The standard InChI is InChI=1S/C26H25ClFN3O2/c27-23-6-4-20(28)11-22(23)24-7-5-21(29-30-24)10-16-8-18-13-31(14-19(18)9-16)12-17-2-1-3-25-26(17)33-15-32-25/h1-7,11,16,18-19H,8-10,12-15H2/t16?,18-,19+. The number of para-hydroxylation sites is 1. The molecule has 1 unspecified atom stereocenters. The molecule has 7 heteroatoms. The number of hydrogen-bond acceptors (Lipinski definition) is 5. The van der Waals surface area contributed by atoms with Gasteiger partial charge in [-0.15, -0.1) is 0 Å². The van der Waals surface area contributed by atoms with Gasteiger partial charge in [-0.05, 0) is 73.4 Å². The Morgan fingerprint density at radius 2 is 1.85 bits per heavy atom. The van der Waals surface area contributed by atoms with Gasteiger partial charge in [-0.1, -0.05) is 23.7 Å². The molecular weight excluding hydrogens is 441 g/mol. The van der Waals surface area contributed by atoms with Crippen LogP contribution in [0.4, 0.5) is 4.39 Å². The number of halogens is 2. The Morgan fingerprint density at radius 1 is 1.00 bits per heavy atom. The zero-order valence-electron chi connectivity index (χ0n) is 18.2. The van der Waals surface area contributed by atoms with Gasteiger partial charge in [0.25, 0.3) is 0 Å². The lowest BCUT2D eigenvalue weighted by Gasteiger charge is -2.19. The molecule has 0 bridgehead atoms. The zero-order valence-corrected chi connectivity index (χ0v) is 19.0. The van der Waals surface area contributed by atoms with Crippen LogP contribution in [0.3, 0.4) is 0 Å². The molecule has 3 atom stereocenters. The predicted octanol–water partition coefficient (Wildman–Crippen LogP) is 5.37. The fourth-order valence-corrected chi connectivity index (χ4v) is 5.99. The van der Waals surface area contributed by atoms with E-state index >= 15 is 0 Å². The minimum Gasteiger partial charge on any atom is -0.454 e. The molecule has 0 amide bonds. The highest BCUT2D eigenvalue weighted by atomic mass is 35.5. The van der Waals surface area contributed by atoms with Gasteiger partial charge in [0, 0.05) is 30.8 Å². The van der Waals surface area contributed by atoms with E-state index in [2.05, 4.69) is 21.2 Å². The lowest BCUT2D eigenvalue weighted by Crippen LogP contribution is -2.22. The highest BCUT2D eigenvalue weighted by molar-refractivity contribution is 6.33. The Balaban J connectivity index is 1.05. The van der Waals surface area contributed by atoms with Gasteiger partial charge >= 0.3 is 0 Å². The Labute approximate surface area is 197 Å².